The summed E-state index contributed by atoms with van der Waals surface area (Å²) >= 11 is 0. The van der Waals surface area contributed by atoms with E-state index in [1.807, 2.05) is 25.1 Å². The van der Waals surface area contributed by atoms with Gasteiger partial charge in [0.25, 0.3) is 5.91 Å². The highest BCUT2D eigenvalue weighted by atomic mass is 16.3. The summed E-state index contributed by atoms with van der Waals surface area (Å²) < 4.78 is 5.57. The molecule has 0 radical (unpaired) electrons. The van der Waals surface area contributed by atoms with E-state index in [4.69, 9.17) is 9.68 Å². The number of nitriles is 1. The zero-order valence-electron chi connectivity index (χ0n) is 16.0. The highest BCUT2D eigenvalue weighted by Gasteiger charge is 2.32. The lowest BCUT2D eigenvalue weighted by Gasteiger charge is -2.23. The third-order valence-electron chi connectivity index (χ3n) is 5.73. The van der Waals surface area contributed by atoms with E-state index in [0.717, 1.165) is 42.3 Å². The van der Waals surface area contributed by atoms with E-state index in [2.05, 4.69) is 16.3 Å². The molecule has 0 saturated carbocycles. The molecular formula is C21H24N4O3. The van der Waals surface area contributed by atoms with Crippen LogP contribution in [0.4, 0.5) is 0 Å². The normalized spacial score (nSPS) is 22.5. The number of hydrogen-bond acceptors (Lipinski definition) is 5. The van der Waals surface area contributed by atoms with Gasteiger partial charge in [-0.25, -0.2) is 0 Å². The number of fused-ring (bicyclic) bond motifs is 1. The summed E-state index contributed by atoms with van der Waals surface area (Å²) in [5.74, 6) is -0.140. The van der Waals surface area contributed by atoms with Gasteiger partial charge in [-0.2, -0.15) is 5.26 Å². The van der Waals surface area contributed by atoms with Gasteiger partial charge in [0.05, 0.1) is 18.2 Å². The summed E-state index contributed by atoms with van der Waals surface area (Å²) in [4.78, 5) is 28.9. The first kappa shape index (κ1) is 18.5. The van der Waals surface area contributed by atoms with Crippen molar-refractivity contribution >= 4 is 22.8 Å². The van der Waals surface area contributed by atoms with Gasteiger partial charge in [-0.3, -0.25) is 14.5 Å². The van der Waals surface area contributed by atoms with E-state index in [9.17, 15) is 9.59 Å². The molecule has 2 amide bonds. The second-order valence-corrected chi connectivity index (χ2v) is 7.67. The van der Waals surface area contributed by atoms with Gasteiger partial charge in [-0.15, -0.1) is 0 Å². The molecular weight excluding hydrogens is 356 g/mol. The van der Waals surface area contributed by atoms with Crippen LogP contribution < -0.4 is 5.32 Å². The predicted octanol–water partition coefficient (Wildman–Crippen LogP) is 2.06. The maximum absolute atomic E-state index is 12.7. The summed E-state index contributed by atoms with van der Waals surface area (Å²) in [7, 11) is 0. The van der Waals surface area contributed by atoms with Crippen LogP contribution in [0.2, 0.25) is 0 Å². The number of para-hydroxylation sites is 1. The summed E-state index contributed by atoms with van der Waals surface area (Å²) in [5, 5.41) is 13.0. The molecule has 2 atom stereocenters. The number of furan rings is 1. The minimum Gasteiger partial charge on any atom is -0.463 e. The molecule has 2 unspecified atom stereocenters. The SMILES string of the molecule is Cc1cccc2c(C(=O)NC3CCN(CC(=O)N4CCCC4C#N)C3)coc12. The standard InChI is InChI=1S/C21H24N4O3/c1-14-4-2-6-17-18(13-28-20(14)17)21(27)23-15-7-9-24(11-15)12-19(26)25-8-3-5-16(25)10-22/h2,4,6,13,15-16H,3,5,7-9,11-12H2,1H3,(H,23,27). The molecule has 0 bridgehead atoms. The third-order valence-corrected chi connectivity index (χ3v) is 5.73. The number of aryl methyl sites for hydroxylation is 1. The molecule has 3 heterocycles. The first-order chi connectivity index (χ1) is 13.6. The van der Waals surface area contributed by atoms with Gasteiger partial charge in [0.15, 0.2) is 0 Å². The average molecular weight is 380 g/mol. The molecule has 2 aliphatic heterocycles. The molecule has 1 aromatic carbocycles. The molecule has 2 fully saturated rings. The van der Waals surface area contributed by atoms with Crippen LogP contribution in [0.1, 0.15) is 35.2 Å². The molecule has 2 aliphatic rings. The van der Waals surface area contributed by atoms with Crippen molar-refractivity contribution in [3.8, 4) is 6.07 Å². The lowest BCUT2D eigenvalue weighted by Crippen LogP contribution is -2.43. The van der Waals surface area contributed by atoms with Crippen LogP contribution in [0, 0.1) is 18.3 Å². The third kappa shape index (κ3) is 3.48. The number of hydrogen-bond donors (Lipinski definition) is 1. The van der Waals surface area contributed by atoms with E-state index < -0.39 is 0 Å². The monoisotopic (exact) mass is 380 g/mol. The lowest BCUT2D eigenvalue weighted by molar-refractivity contribution is -0.132. The molecule has 4 rings (SSSR count). The largest absolute Gasteiger partial charge is 0.463 e. The molecule has 7 nitrogen and oxygen atoms in total. The van der Waals surface area contributed by atoms with Crippen molar-refractivity contribution in [3.63, 3.8) is 0 Å². The van der Waals surface area contributed by atoms with Crippen molar-refractivity contribution in [3.05, 3.63) is 35.6 Å². The Kier molecular flexibility index (Phi) is 5.05. The highest BCUT2D eigenvalue weighted by Crippen LogP contribution is 2.24. The first-order valence-corrected chi connectivity index (χ1v) is 9.76. The number of rotatable bonds is 4. The Balaban J connectivity index is 1.34. The molecule has 2 aromatic rings. The van der Waals surface area contributed by atoms with Crippen molar-refractivity contribution in [1.82, 2.24) is 15.1 Å². The Morgan fingerprint density at radius 2 is 2.18 bits per heavy atom. The van der Waals surface area contributed by atoms with Crippen molar-refractivity contribution < 1.29 is 14.0 Å². The van der Waals surface area contributed by atoms with Gasteiger partial charge in [0.1, 0.15) is 17.9 Å². The Labute approximate surface area is 163 Å². The summed E-state index contributed by atoms with van der Waals surface area (Å²) in [6.07, 6.45) is 3.97. The zero-order chi connectivity index (χ0) is 19.7. The second kappa shape index (κ2) is 7.64. The number of nitrogens with one attached hydrogen (secondary N) is 1. The maximum atomic E-state index is 12.7. The van der Waals surface area contributed by atoms with Gasteiger partial charge < -0.3 is 14.6 Å². The predicted molar refractivity (Wildman–Crippen MR) is 104 cm³/mol. The quantitative estimate of drug-likeness (QED) is 0.877. The number of nitrogens with zero attached hydrogens (tertiary/aromatic N) is 3. The number of carbonyl (C=O) groups excluding carboxylic acids is 2. The molecule has 0 aliphatic carbocycles. The Morgan fingerprint density at radius 1 is 1.32 bits per heavy atom. The number of benzene rings is 1. The van der Waals surface area contributed by atoms with E-state index >= 15 is 0 Å². The van der Waals surface area contributed by atoms with Crippen LogP contribution in [-0.4, -0.2) is 59.9 Å². The van der Waals surface area contributed by atoms with Gasteiger partial charge in [-0.05, 0) is 31.7 Å². The molecule has 7 heteroatoms. The van der Waals surface area contributed by atoms with E-state index in [-0.39, 0.29) is 23.9 Å². The first-order valence-electron chi connectivity index (χ1n) is 9.76. The van der Waals surface area contributed by atoms with Crippen LogP contribution in [0.15, 0.2) is 28.9 Å². The van der Waals surface area contributed by atoms with Crippen LogP contribution >= 0.6 is 0 Å². The van der Waals surface area contributed by atoms with E-state index in [1.165, 1.54) is 6.26 Å². The molecule has 146 valence electrons. The zero-order valence-corrected chi connectivity index (χ0v) is 16.0. The van der Waals surface area contributed by atoms with Gasteiger partial charge >= 0.3 is 0 Å². The molecule has 2 saturated heterocycles. The van der Waals surface area contributed by atoms with E-state index in [0.29, 0.717) is 25.2 Å². The number of amides is 2. The Morgan fingerprint density at radius 3 is 3.00 bits per heavy atom. The van der Waals surface area contributed by atoms with Crippen molar-refractivity contribution in [1.29, 1.82) is 5.26 Å². The summed E-state index contributed by atoms with van der Waals surface area (Å²) in [5.41, 5.74) is 2.28. The molecule has 1 aromatic heterocycles. The van der Waals surface area contributed by atoms with Gasteiger partial charge in [-0.1, -0.05) is 18.2 Å². The highest BCUT2D eigenvalue weighted by molar-refractivity contribution is 6.06. The van der Waals surface area contributed by atoms with Crippen LogP contribution in [0.3, 0.4) is 0 Å². The summed E-state index contributed by atoms with van der Waals surface area (Å²) in [6.45, 7) is 4.32. The fourth-order valence-corrected chi connectivity index (χ4v) is 4.22. The van der Waals surface area contributed by atoms with Crippen LogP contribution in [0.25, 0.3) is 11.0 Å². The van der Waals surface area contributed by atoms with Crippen molar-refractivity contribution in [2.24, 2.45) is 0 Å². The number of likely N-dealkylation sites (tertiary alicyclic amines) is 2. The number of carbonyl (C=O) groups is 2. The maximum Gasteiger partial charge on any atom is 0.255 e. The fraction of sp³-hybridized carbons (Fsp3) is 0.476. The smallest absolute Gasteiger partial charge is 0.255 e. The topological polar surface area (TPSA) is 89.6 Å². The molecule has 0 spiro atoms. The average Bonchev–Trinajstić information content (AvgIpc) is 3.41. The minimum atomic E-state index is -0.288. The van der Waals surface area contributed by atoms with Gasteiger partial charge in [0, 0.05) is 31.1 Å². The van der Waals surface area contributed by atoms with Crippen LogP contribution in [0.5, 0.6) is 0 Å². The van der Waals surface area contributed by atoms with Crippen LogP contribution in [-0.2, 0) is 4.79 Å². The molecule has 1 N–H and O–H groups in total. The lowest BCUT2D eigenvalue weighted by atomic mass is 10.1. The van der Waals surface area contributed by atoms with Crippen molar-refractivity contribution in [2.75, 3.05) is 26.2 Å². The van der Waals surface area contributed by atoms with Crippen molar-refractivity contribution in [2.45, 2.75) is 38.3 Å². The minimum absolute atomic E-state index is 0.000371. The fourth-order valence-electron chi connectivity index (χ4n) is 4.22. The Hall–Kier alpha value is -2.85. The summed E-state index contributed by atoms with van der Waals surface area (Å²) in [6, 6.07) is 7.68. The Bertz CT molecular complexity index is 945. The van der Waals surface area contributed by atoms with Gasteiger partial charge in [0.2, 0.25) is 5.91 Å². The molecule has 28 heavy (non-hydrogen) atoms. The van der Waals surface area contributed by atoms with E-state index in [1.54, 1.807) is 4.90 Å². The second-order valence-electron chi connectivity index (χ2n) is 7.67.